The fraction of sp³-hybridized carbons (Fsp3) is 0.500. The van der Waals surface area contributed by atoms with Crippen molar-refractivity contribution in [1.29, 1.82) is 0 Å². The number of aryl methyl sites for hydroxylation is 1. The molecule has 0 spiro atoms. The Morgan fingerprint density at radius 3 is 2.54 bits per heavy atom. The lowest BCUT2D eigenvalue weighted by atomic mass is 9.84. The molecule has 1 fully saturated rings. The maximum Gasteiger partial charge on any atom is 0.314 e. The van der Waals surface area contributed by atoms with Crippen LogP contribution in [0.3, 0.4) is 0 Å². The summed E-state index contributed by atoms with van der Waals surface area (Å²) in [5.74, 6) is -2.10. The highest BCUT2D eigenvalue weighted by Gasteiger charge is 2.33. The fourth-order valence-electron chi connectivity index (χ4n) is 4.13. The van der Waals surface area contributed by atoms with Crippen molar-refractivity contribution in [2.75, 3.05) is 6.54 Å². The van der Waals surface area contributed by atoms with Gasteiger partial charge in [0.1, 0.15) is 0 Å². The van der Waals surface area contributed by atoms with Gasteiger partial charge in [0.05, 0.1) is 27.9 Å². The van der Waals surface area contributed by atoms with Gasteiger partial charge in [-0.1, -0.05) is 11.6 Å². The van der Waals surface area contributed by atoms with E-state index in [0.717, 1.165) is 0 Å². The van der Waals surface area contributed by atoms with E-state index in [1.165, 1.54) is 12.1 Å². The molecule has 3 rings (SSSR count). The van der Waals surface area contributed by atoms with Crippen molar-refractivity contribution >= 4 is 33.6 Å². The number of carbonyl (C=O) groups is 2. The molecule has 1 aromatic carbocycles. The predicted molar refractivity (Wildman–Crippen MR) is 131 cm³/mol. The monoisotopic (exact) mass is 528 g/mol. The number of hydrazine groups is 1. The van der Waals surface area contributed by atoms with Gasteiger partial charge in [-0.3, -0.25) is 10.2 Å². The molecule has 1 aliphatic carbocycles. The molecule has 1 atom stereocenters. The molecule has 1 unspecified atom stereocenters. The molecule has 1 aliphatic rings. The summed E-state index contributed by atoms with van der Waals surface area (Å²) in [4.78, 5) is 30.6. The Morgan fingerprint density at radius 1 is 1.26 bits per heavy atom. The van der Waals surface area contributed by atoms with Gasteiger partial charge in [0, 0.05) is 31.4 Å². The van der Waals surface area contributed by atoms with E-state index >= 15 is 0 Å². The fourth-order valence-corrected chi connectivity index (χ4v) is 5.54. The van der Waals surface area contributed by atoms with Crippen molar-refractivity contribution in [1.82, 2.24) is 30.4 Å². The molecule has 0 aliphatic heterocycles. The standard InChI is InChI=1S/C22H30ClFN6O4S/c1-4-25-22(32)27-16-7-5-14(6-8-16)13(2)35(33,34)29-28-21(31)17-9-15(10-18(23)20(17)24)19-11-30(3)12-26-19/h9-14,16,29H,4-8H2,1-3H3,(H,28,31)(H2,25,27,32). The molecule has 2 aromatic rings. The number of aromatic nitrogens is 2. The Bertz CT molecular complexity index is 1180. The van der Waals surface area contributed by atoms with E-state index in [1.807, 2.05) is 6.92 Å². The van der Waals surface area contributed by atoms with Gasteiger partial charge in [-0.2, -0.15) is 0 Å². The molecular weight excluding hydrogens is 499 g/mol. The Balaban J connectivity index is 1.61. The molecule has 4 N–H and O–H groups in total. The van der Waals surface area contributed by atoms with Crippen molar-refractivity contribution in [2.45, 2.75) is 50.8 Å². The van der Waals surface area contributed by atoms with Crippen LogP contribution in [-0.4, -0.2) is 47.7 Å². The van der Waals surface area contributed by atoms with Crippen LogP contribution < -0.4 is 20.9 Å². The molecule has 0 saturated heterocycles. The lowest BCUT2D eigenvalue weighted by Crippen LogP contribution is -2.49. The summed E-state index contributed by atoms with van der Waals surface area (Å²) in [5, 5.41) is 4.47. The van der Waals surface area contributed by atoms with E-state index in [0.29, 0.717) is 43.5 Å². The van der Waals surface area contributed by atoms with Crippen LogP contribution in [0.15, 0.2) is 24.7 Å². The zero-order valence-electron chi connectivity index (χ0n) is 19.8. The van der Waals surface area contributed by atoms with Crippen LogP contribution in [0.25, 0.3) is 11.3 Å². The molecule has 13 heteroatoms. The first kappa shape index (κ1) is 26.9. The number of urea groups is 1. The van der Waals surface area contributed by atoms with Gasteiger partial charge in [0.25, 0.3) is 5.91 Å². The molecule has 1 heterocycles. The average molecular weight is 529 g/mol. The summed E-state index contributed by atoms with van der Waals surface area (Å²) in [5.41, 5.74) is 2.58. The number of nitrogens with zero attached hydrogens (tertiary/aromatic N) is 2. The minimum atomic E-state index is -3.95. The number of nitrogens with one attached hydrogen (secondary N) is 4. The predicted octanol–water partition coefficient (Wildman–Crippen LogP) is 2.71. The van der Waals surface area contributed by atoms with Gasteiger partial charge < -0.3 is 15.2 Å². The quantitative estimate of drug-likeness (QED) is 0.391. The smallest absolute Gasteiger partial charge is 0.314 e. The molecule has 1 saturated carbocycles. The first-order valence-corrected chi connectivity index (χ1v) is 13.3. The number of sulfonamides is 1. The summed E-state index contributed by atoms with van der Waals surface area (Å²) in [7, 11) is -2.19. The molecule has 0 radical (unpaired) electrons. The molecule has 0 bridgehead atoms. The van der Waals surface area contributed by atoms with Crippen molar-refractivity contribution in [2.24, 2.45) is 13.0 Å². The van der Waals surface area contributed by atoms with Crippen molar-refractivity contribution in [3.05, 3.63) is 41.1 Å². The van der Waals surface area contributed by atoms with Crippen LogP contribution in [0, 0.1) is 11.7 Å². The number of imidazole rings is 1. The second kappa shape index (κ2) is 11.4. The van der Waals surface area contributed by atoms with Crippen LogP contribution in [0.1, 0.15) is 49.9 Å². The van der Waals surface area contributed by atoms with Gasteiger partial charge in [-0.05, 0) is 57.6 Å². The van der Waals surface area contributed by atoms with E-state index in [1.54, 1.807) is 31.1 Å². The SMILES string of the molecule is CCNC(=O)NC1CCC(C(C)S(=O)(=O)NNC(=O)c2cc(-c3cn(C)cn3)cc(Cl)c2F)CC1. The van der Waals surface area contributed by atoms with Gasteiger partial charge in [-0.15, -0.1) is 4.83 Å². The van der Waals surface area contributed by atoms with Gasteiger partial charge in [0.15, 0.2) is 5.82 Å². The van der Waals surface area contributed by atoms with Gasteiger partial charge in [0.2, 0.25) is 10.0 Å². The minimum absolute atomic E-state index is 0.0144. The Hall–Kier alpha value is -2.70. The molecular formula is C22H30ClFN6O4S. The number of benzene rings is 1. The maximum absolute atomic E-state index is 14.6. The van der Waals surface area contributed by atoms with Crippen LogP contribution in [0.2, 0.25) is 5.02 Å². The Labute approximate surface area is 209 Å². The van der Waals surface area contributed by atoms with E-state index in [2.05, 4.69) is 25.9 Å². The number of carbonyl (C=O) groups excluding carboxylic acids is 2. The minimum Gasteiger partial charge on any atom is -0.340 e. The molecule has 192 valence electrons. The highest BCUT2D eigenvalue weighted by molar-refractivity contribution is 7.90. The van der Waals surface area contributed by atoms with Crippen LogP contribution >= 0.6 is 11.6 Å². The number of amides is 3. The van der Waals surface area contributed by atoms with Gasteiger partial charge in [-0.25, -0.2) is 22.6 Å². The van der Waals surface area contributed by atoms with Crippen molar-refractivity contribution in [3.8, 4) is 11.3 Å². The van der Waals surface area contributed by atoms with E-state index < -0.39 is 32.6 Å². The van der Waals surface area contributed by atoms with E-state index in [4.69, 9.17) is 11.6 Å². The topological polar surface area (TPSA) is 134 Å². The number of hydrogen-bond donors (Lipinski definition) is 4. The maximum atomic E-state index is 14.6. The highest BCUT2D eigenvalue weighted by atomic mass is 35.5. The van der Waals surface area contributed by atoms with Gasteiger partial charge >= 0.3 is 6.03 Å². The van der Waals surface area contributed by atoms with E-state index in [9.17, 15) is 22.4 Å². The third-order valence-electron chi connectivity index (χ3n) is 6.18. The second-order valence-corrected chi connectivity index (χ2v) is 11.1. The first-order valence-electron chi connectivity index (χ1n) is 11.3. The van der Waals surface area contributed by atoms with Crippen LogP contribution in [0.5, 0.6) is 0 Å². The molecule has 35 heavy (non-hydrogen) atoms. The highest BCUT2D eigenvalue weighted by Crippen LogP contribution is 2.30. The van der Waals surface area contributed by atoms with Crippen LogP contribution in [-0.2, 0) is 17.1 Å². The first-order chi connectivity index (χ1) is 16.5. The van der Waals surface area contributed by atoms with E-state index in [-0.39, 0.29) is 23.0 Å². The summed E-state index contributed by atoms with van der Waals surface area (Å²) in [6.07, 6.45) is 5.73. The number of rotatable bonds is 8. The average Bonchev–Trinajstić information content (AvgIpc) is 3.25. The van der Waals surface area contributed by atoms with Crippen molar-refractivity contribution < 1.29 is 22.4 Å². The number of hydrogen-bond acceptors (Lipinski definition) is 5. The second-order valence-electron chi connectivity index (χ2n) is 8.67. The summed E-state index contributed by atoms with van der Waals surface area (Å²) < 4.78 is 41.9. The summed E-state index contributed by atoms with van der Waals surface area (Å²) >= 11 is 5.96. The largest absolute Gasteiger partial charge is 0.340 e. The Kier molecular flexibility index (Phi) is 8.73. The zero-order valence-corrected chi connectivity index (χ0v) is 21.3. The van der Waals surface area contributed by atoms with Crippen LogP contribution in [0.4, 0.5) is 9.18 Å². The summed E-state index contributed by atoms with van der Waals surface area (Å²) in [6, 6.07) is 2.36. The molecule has 10 nitrogen and oxygen atoms in total. The third kappa shape index (κ3) is 6.71. The molecule has 1 aromatic heterocycles. The lowest BCUT2D eigenvalue weighted by molar-refractivity contribution is 0.0940. The lowest BCUT2D eigenvalue weighted by Gasteiger charge is -2.32. The molecule has 3 amide bonds. The normalized spacial score (nSPS) is 19.1. The van der Waals surface area contributed by atoms with Crippen molar-refractivity contribution in [3.63, 3.8) is 0 Å². The number of halogens is 2. The summed E-state index contributed by atoms with van der Waals surface area (Å²) in [6.45, 7) is 3.92. The Morgan fingerprint density at radius 2 is 1.94 bits per heavy atom. The third-order valence-corrected chi connectivity index (χ3v) is 8.20. The zero-order chi connectivity index (χ0) is 25.8.